The number of nitrogens with zero attached hydrogens (tertiary/aromatic N) is 2. The van der Waals surface area contributed by atoms with Gasteiger partial charge in [0.05, 0.1) is 6.61 Å². The number of aryl methyl sites for hydroxylation is 2. The molecule has 0 fully saturated rings. The fourth-order valence-electron chi connectivity index (χ4n) is 3.18. The van der Waals surface area contributed by atoms with Crippen molar-refractivity contribution in [2.45, 2.75) is 31.7 Å². The number of hydrogen-bond acceptors (Lipinski definition) is 3. The molecule has 1 aliphatic rings. The van der Waals surface area contributed by atoms with Crippen LogP contribution < -0.4 is 10.1 Å². The third-order valence-corrected chi connectivity index (χ3v) is 4.32. The first-order valence-corrected chi connectivity index (χ1v) is 7.71. The minimum Gasteiger partial charge on any atom is -0.493 e. The summed E-state index contributed by atoms with van der Waals surface area (Å²) in [7, 11) is 2.01. The number of ether oxygens (including phenoxy) is 1. The molecule has 2 aromatic rings. The maximum atomic E-state index is 5.84. The molecule has 21 heavy (non-hydrogen) atoms. The first kappa shape index (κ1) is 14.1. The van der Waals surface area contributed by atoms with E-state index in [9.17, 15) is 0 Å². The molecule has 0 saturated heterocycles. The van der Waals surface area contributed by atoms with E-state index in [4.69, 9.17) is 4.74 Å². The van der Waals surface area contributed by atoms with Gasteiger partial charge in [-0.25, -0.2) is 0 Å². The van der Waals surface area contributed by atoms with Crippen LogP contribution in [0.3, 0.4) is 0 Å². The van der Waals surface area contributed by atoms with E-state index >= 15 is 0 Å². The zero-order valence-electron chi connectivity index (χ0n) is 12.7. The monoisotopic (exact) mass is 285 g/mol. The van der Waals surface area contributed by atoms with E-state index < -0.39 is 0 Å². The number of aromatic nitrogens is 2. The first-order valence-electron chi connectivity index (χ1n) is 7.71. The standard InChI is InChI=1S/C17H23N3O/c1-3-18-16(9-8-13-10-11-19-20(13)2)15-12-21-17-7-5-4-6-14(15)17/h4-7,10-11,15-16,18H,3,8-9,12H2,1-2H3. The number of rotatable bonds is 6. The zero-order chi connectivity index (χ0) is 14.7. The summed E-state index contributed by atoms with van der Waals surface area (Å²) in [5.74, 6) is 1.49. The highest BCUT2D eigenvalue weighted by Crippen LogP contribution is 2.36. The highest BCUT2D eigenvalue weighted by Gasteiger charge is 2.30. The first-order chi connectivity index (χ1) is 10.3. The fraction of sp³-hybridized carbons (Fsp3) is 0.471. The van der Waals surface area contributed by atoms with Crippen molar-refractivity contribution in [3.05, 3.63) is 47.8 Å². The maximum Gasteiger partial charge on any atom is 0.122 e. The quantitative estimate of drug-likeness (QED) is 0.886. The Hall–Kier alpha value is -1.81. The molecular formula is C17H23N3O. The number of hydrogen-bond donors (Lipinski definition) is 1. The lowest BCUT2D eigenvalue weighted by Crippen LogP contribution is -2.36. The van der Waals surface area contributed by atoms with Crippen molar-refractivity contribution >= 4 is 0 Å². The summed E-state index contributed by atoms with van der Waals surface area (Å²) in [5, 5.41) is 7.88. The highest BCUT2D eigenvalue weighted by molar-refractivity contribution is 5.40. The van der Waals surface area contributed by atoms with Gasteiger partial charge >= 0.3 is 0 Å². The summed E-state index contributed by atoms with van der Waals surface area (Å²) in [6.45, 7) is 3.93. The highest BCUT2D eigenvalue weighted by atomic mass is 16.5. The molecule has 2 unspecified atom stereocenters. The third kappa shape index (κ3) is 2.95. The molecule has 2 atom stereocenters. The lowest BCUT2D eigenvalue weighted by atomic mass is 9.90. The molecule has 1 aliphatic heterocycles. The molecule has 4 heteroatoms. The van der Waals surface area contributed by atoms with Crippen molar-refractivity contribution in [2.24, 2.45) is 7.05 Å². The van der Waals surface area contributed by atoms with Gasteiger partial charge < -0.3 is 10.1 Å². The molecule has 0 spiro atoms. The Morgan fingerprint density at radius 1 is 1.38 bits per heavy atom. The second-order valence-corrected chi connectivity index (χ2v) is 5.60. The molecule has 1 aromatic carbocycles. The second-order valence-electron chi connectivity index (χ2n) is 5.60. The number of para-hydroxylation sites is 1. The molecular weight excluding hydrogens is 262 g/mol. The Labute approximate surface area is 126 Å². The van der Waals surface area contributed by atoms with E-state index in [1.807, 2.05) is 24.0 Å². The summed E-state index contributed by atoms with van der Waals surface area (Å²) >= 11 is 0. The Bertz CT molecular complexity index is 593. The minimum atomic E-state index is 0.438. The predicted octanol–water partition coefficient (Wildman–Crippen LogP) is 2.51. The van der Waals surface area contributed by atoms with Crippen LogP contribution in [0.2, 0.25) is 0 Å². The zero-order valence-corrected chi connectivity index (χ0v) is 12.7. The van der Waals surface area contributed by atoms with Crippen LogP contribution in [0.15, 0.2) is 36.5 Å². The third-order valence-electron chi connectivity index (χ3n) is 4.32. The van der Waals surface area contributed by atoms with Gasteiger partial charge in [-0.1, -0.05) is 25.1 Å². The van der Waals surface area contributed by atoms with Crippen LogP contribution in [-0.4, -0.2) is 29.0 Å². The molecule has 1 N–H and O–H groups in total. The van der Waals surface area contributed by atoms with Gasteiger partial charge in [-0.05, 0) is 31.5 Å². The summed E-state index contributed by atoms with van der Waals surface area (Å²) in [6, 6.07) is 10.9. The molecule has 112 valence electrons. The molecule has 0 saturated carbocycles. The van der Waals surface area contributed by atoms with Crippen molar-refractivity contribution in [2.75, 3.05) is 13.2 Å². The molecule has 0 aliphatic carbocycles. The largest absolute Gasteiger partial charge is 0.493 e. The van der Waals surface area contributed by atoms with Crippen LogP contribution in [0, 0.1) is 0 Å². The smallest absolute Gasteiger partial charge is 0.122 e. The van der Waals surface area contributed by atoms with Crippen LogP contribution >= 0.6 is 0 Å². The van der Waals surface area contributed by atoms with Crippen molar-refractivity contribution < 1.29 is 4.74 Å². The van der Waals surface area contributed by atoms with Gasteiger partial charge in [-0.3, -0.25) is 4.68 Å². The summed E-state index contributed by atoms with van der Waals surface area (Å²) in [6.07, 6.45) is 3.99. The van der Waals surface area contributed by atoms with Gasteiger partial charge in [0.25, 0.3) is 0 Å². The fourth-order valence-corrected chi connectivity index (χ4v) is 3.18. The molecule has 4 nitrogen and oxygen atoms in total. The Kier molecular flexibility index (Phi) is 4.25. The van der Waals surface area contributed by atoms with E-state index in [-0.39, 0.29) is 0 Å². The number of benzene rings is 1. The average Bonchev–Trinajstić information content (AvgIpc) is 3.10. The van der Waals surface area contributed by atoms with Crippen molar-refractivity contribution in [1.82, 2.24) is 15.1 Å². The summed E-state index contributed by atoms with van der Waals surface area (Å²) in [4.78, 5) is 0. The molecule has 0 amide bonds. The van der Waals surface area contributed by atoms with Crippen LogP contribution in [0.4, 0.5) is 0 Å². The number of nitrogens with one attached hydrogen (secondary N) is 1. The van der Waals surface area contributed by atoms with Crippen LogP contribution in [0.5, 0.6) is 5.75 Å². The lowest BCUT2D eigenvalue weighted by molar-refractivity contribution is 0.292. The van der Waals surface area contributed by atoms with Gasteiger partial charge in [0.1, 0.15) is 5.75 Å². The van der Waals surface area contributed by atoms with E-state index in [0.717, 1.165) is 31.7 Å². The molecule has 0 radical (unpaired) electrons. The van der Waals surface area contributed by atoms with E-state index in [0.29, 0.717) is 12.0 Å². The van der Waals surface area contributed by atoms with Crippen LogP contribution in [0.25, 0.3) is 0 Å². The SMILES string of the molecule is CCNC(CCc1ccnn1C)C1COc2ccccc21. The molecule has 3 rings (SSSR count). The van der Waals surface area contributed by atoms with Gasteiger partial charge in [-0.15, -0.1) is 0 Å². The Balaban J connectivity index is 1.72. The van der Waals surface area contributed by atoms with Crippen molar-refractivity contribution in [3.8, 4) is 5.75 Å². The maximum absolute atomic E-state index is 5.84. The summed E-state index contributed by atoms with van der Waals surface area (Å²) < 4.78 is 7.80. The van der Waals surface area contributed by atoms with Gasteiger partial charge in [-0.2, -0.15) is 5.10 Å². The van der Waals surface area contributed by atoms with Crippen LogP contribution in [0.1, 0.15) is 30.5 Å². The van der Waals surface area contributed by atoms with Gasteiger partial charge in [0.15, 0.2) is 0 Å². The lowest BCUT2D eigenvalue weighted by Gasteiger charge is -2.23. The van der Waals surface area contributed by atoms with E-state index in [2.05, 4.69) is 41.6 Å². The van der Waals surface area contributed by atoms with Gasteiger partial charge in [0.2, 0.25) is 0 Å². The van der Waals surface area contributed by atoms with E-state index in [1.54, 1.807) is 0 Å². The average molecular weight is 285 g/mol. The Morgan fingerprint density at radius 2 is 2.24 bits per heavy atom. The van der Waals surface area contributed by atoms with E-state index in [1.165, 1.54) is 11.3 Å². The normalized spacial score (nSPS) is 18.3. The Morgan fingerprint density at radius 3 is 3.00 bits per heavy atom. The summed E-state index contributed by atoms with van der Waals surface area (Å²) in [5.41, 5.74) is 2.62. The predicted molar refractivity (Wildman–Crippen MR) is 83.7 cm³/mol. The molecule has 1 aromatic heterocycles. The number of fused-ring (bicyclic) bond motifs is 1. The second kappa shape index (κ2) is 6.31. The van der Waals surface area contributed by atoms with Crippen LogP contribution in [-0.2, 0) is 13.5 Å². The molecule has 2 heterocycles. The minimum absolute atomic E-state index is 0.438. The van der Waals surface area contributed by atoms with Crippen molar-refractivity contribution in [1.29, 1.82) is 0 Å². The van der Waals surface area contributed by atoms with Gasteiger partial charge in [0, 0.05) is 36.5 Å². The number of likely N-dealkylation sites (N-methyl/N-ethyl adjacent to an activating group) is 1. The van der Waals surface area contributed by atoms with Crippen molar-refractivity contribution in [3.63, 3.8) is 0 Å². The molecule has 0 bridgehead atoms. The topological polar surface area (TPSA) is 39.1 Å².